The van der Waals surface area contributed by atoms with Crippen molar-refractivity contribution in [3.63, 3.8) is 0 Å². The molecule has 150 valence electrons. The van der Waals surface area contributed by atoms with Crippen LogP contribution in [-0.4, -0.2) is 14.8 Å². The minimum absolute atomic E-state index is 0.421. The fraction of sp³-hybridized carbons (Fsp3) is 0.0417. The van der Waals surface area contributed by atoms with E-state index in [9.17, 15) is 5.26 Å². The van der Waals surface area contributed by atoms with Crippen molar-refractivity contribution in [2.45, 2.75) is 6.92 Å². The number of aromatic nitrogens is 3. The van der Waals surface area contributed by atoms with Gasteiger partial charge >= 0.3 is 0 Å². The first-order valence-electron chi connectivity index (χ1n) is 9.51. The van der Waals surface area contributed by atoms with Crippen molar-refractivity contribution < 1.29 is 4.42 Å². The van der Waals surface area contributed by atoms with Crippen LogP contribution >= 0.6 is 22.9 Å². The molecule has 5 aromatic rings. The normalized spacial score (nSPS) is 11.7. The Morgan fingerprint density at radius 1 is 1.16 bits per heavy atom. The lowest BCUT2D eigenvalue weighted by Gasteiger charge is -2.02. The lowest BCUT2D eigenvalue weighted by Crippen LogP contribution is -1.95. The molecule has 5 rings (SSSR count). The van der Waals surface area contributed by atoms with Gasteiger partial charge in [0.05, 0.1) is 17.0 Å². The van der Waals surface area contributed by atoms with Gasteiger partial charge in [-0.05, 0) is 37.3 Å². The van der Waals surface area contributed by atoms with Gasteiger partial charge in [-0.3, -0.25) is 0 Å². The molecule has 0 bridgehead atoms. The second-order valence-corrected chi connectivity index (χ2v) is 8.11. The Labute approximate surface area is 187 Å². The molecule has 0 spiro atoms. The van der Waals surface area contributed by atoms with Gasteiger partial charge in [0.25, 0.3) is 0 Å². The number of hydrogen-bond donors (Lipinski definition) is 0. The van der Waals surface area contributed by atoms with Crippen LogP contribution in [0.1, 0.15) is 16.3 Å². The molecule has 0 aliphatic heterocycles. The highest BCUT2D eigenvalue weighted by atomic mass is 35.5. The van der Waals surface area contributed by atoms with Crippen LogP contribution in [0.3, 0.4) is 0 Å². The average Bonchev–Trinajstić information content (AvgIpc) is 3.51. The number of hydrogen-bond acceptors (Lipinski definition) is 5. The largest absolute Gasteiger partial charge is 0.454 e. The van der Waals surface area contributed by atoms with E-state index in [1.54, 1.807) is 10.8 Å². The van der Waals surface area contributed by atoms with Crippen molar-refractivity contribution in [2.24, 2.45) is 0 Å². The number of nitriles is 1. The summed E-state index contributed by atoms with van der Waals surface area (Å²) in [5.74, 6) is 0.673. The Kier molecular flexibility index (Phi) is 4.91. The lowest BCUT2D eigenvalue weighted by molar-refractivity contribution is 0.629. The molecule has 3 heterocycles. The van der Waals surface area contributed by atoms with Crippen molar-refractivity contribution >= 4 is 45.6 Å². The van der Waals surface area contributed by atoms with Crippen molar-refractivity contribution in [2.75, 3.05) is 0 Å². The number of rotatable bonds is 4. The number of furan rings is 1. The van der Waals surface area contributed by atoms with E-state index in [4.69, 9.17) is 16.0 Å². The van der Waals surface area contributed by atoms with Crippen LogP contribution in [-0.2, 0) is 0 Å². The second kappa shape index (κ2) is 7.88. The van der Waals surface area contributed by atoms with Crippen LogP contribution in [0.2, 0.25) is 5.15 Å². The second-order valence-electron chi connectivity index (χ2n) is 6.89. The monoisotopic (exact) mass is 442 g/mol. The quantitative estimate of drug-likeness (QED) is 0.288. The zero-order valence-electron chi connectivity index (χ0n) is 16.4. The maximum Gasteiger partial charge on any atom is 0.154 e. The van der Waals surface area contributed by atoms with Crippen LogP contribution in [0, 0.1) is 18.3 Å². The number of fused-ring (bicyclic) bond motifs is 1. The number of benzene rings is 2. The summed E-state index contributed by atoms with van der Waals surface area (Å²) in [5.41, 5.74) is 4.21. The van der Waals surface area contributed by atoms with Gasteiger partial charge in [0.1, 0.15) is 27.5 Å². The molecule has 0 fully saturated rings. The Hall–Kier alpha value is -3.66. The summed E-state index contributed by atoms with van der Waals surface area (Å²) in [6.07, 6.45) is 1.74. The first-order valence-corrected chi connectivity index (χ1v) is 10.8. The van der Waals surface area contributed by atoms with Crippen molar-refractivity contribution in [3.8, 4) is 23.2 Å². The lowest BCUT2D eigenvalue weighted by atomic mass is 10.1. The molecule has 0 unspecified atom stereocenters. The van der Waals surface area contributed by atoms with Gasteiger partial charge in [-0.15, -0.1) is 11.3 Å². The molecule has 3 aromatic heterocycles. The molecular weight excluding hydrogens is 428 g/mol. The van der Waals surface area contributed by atoms with Gasteiger partial charge in [-0.2, -0.15) is 10.4 Å². The summed E-state index contributed by atoms with van der Waals surface area (Å²) >= 11 is 8.00. The molecule has 0 atom stereocenters. The molecule has 2 aromatic carbocycles. The summed E-state index contributed by atoms with van der Waals surface area (Å²) in [7, 11) is 0. The zero-order valence-corrected chi connectivity index (χ0v) is 18.0. The Balaban J connectivity index is 1.52. The number of halogens is 1. The van der Waals surface area contributed by atoms with Crippen LogP contribution in [0.4, 0.5) is 0 Å². The topological polar surface area (TPSA) is 67.6 Å². The number of aryl methyl sites for hydroxylation is 1. The van der Waals surface area contributed by atoms with Crippen molar-refractivity contribution in [3.05, 3.63) is 87.5 Å². The molecule has 0 saturated carbocycles. The van der Waals surface area contributed by atoms with Gasteiger partial charge < -0.3 is 4.42 Å². The van der Waals surface area contributed by atoms with E-state index in [0.29, 0.717) is 32.8 Å². The average molecular weight is 443 g/mol. The summed E-state index contributed by atoms with van der Waals surface area (Å²) in [4.78, 5) is 4.63. The molecule has 5 nitrogen and oxygen atoms in total. The predicted molar refractivity (Wildman–Crippen MR) is 124 cm³/mol. The first-order chi connectivity index (χ1) is 15.1. The smallest absolute Gasteiger partial charge is 0.154 e. The molecule has 7 heteroatoms. The van der Waals surface area contributed by atoms with E-state index in [0.717, 1.165) is 22.4 Å². The summed E-state index contributed by atoms with van der Waals surface area (Å²) < 4.78 is 7.56. The summed E-state index contributed by atoms with van der Waals surface area (Å²) in [6, 6.07) is 21.6. The third kappa shape index (κ3) is 3.55. The molecule has 0 radical (unpaired) electrons. The van der Waals surface area contributed by atoms with Crippen LogP contribution in [0.15, 0.2) is 70.5 Å². The maximum atomic E-state index is 9.80. The fourth-order valence-corrected chi connectivity index (χ4v) is 4.42. The molecule has 0 amide bonds. The van der Waals surface area contributed by atoms with Gasteiger partial charge in [-0.1, -0.05) is 48.0 Å². The Morgan fingerprint density at radius 3 is 2.71 bits per heavy atom. The maximum absolute atomic E-state index is 9.80. The van der Waals surface area contributed by atoms with Crippen LogP contribution in [0.5, 0.6) is 0 Å². The minimum atomic E-state index is 0.421. The highest BCUT2D eigenvalue weighted by Gasteiger charge is 2.17. The van der Waals surface area contributed by atoms with Crippen LogP contribution in [0.25, 0.3) is 39.8 Å². The Bertz CT molecular complexity index is 1440. The highest BCUT2D eigenvalue weighted by Crippen LogP contribution is 2.32. The SMILES string of the molecule is Cc1nn(-c2ccccc2)c(Cl)c1/C=C(\C#N)c1nc(-c2cc3ccccc3o2)cs1. The number of para-hydroxylation sites is 2. The summed E-state index contributed by atoms with van der Waals surface area (Å²) in [6.45, 7) is 1.87. The van der Waals surface area contributed by atoms with Gasteiger partial charge in [0, 0.05) is 16.3 Å². The van der Waals surface area contributed by atoms with E-state index in [1.807, 2.05) is 73.0 Å². The van der Waals surface area contributed by atoms with Crippen LogP contribution < -0.4 is 0 Å². The van der Waals surface area contributed by atoms with Gasteiger partial charge in [0.15, 0.2) is 5.76 Å². The third-order valence-corrected chi connectivity index (χ3v) is 6.11. The van der Waals surface area contributed by atoms with Crippen molar-refractivity contribution in [1.82, 2.24) is 14.8 Å². The van der Waals surface area contributed by atoms with E-state index < -0.39 is 0 Å². The molecule has 0 N–H and O–H groups in total. The number of allylic oxidation sites excluding steroid dienone is 1. The van der Waals surface area contributed by atoms with Gasteiger partial charge in [0.2, 0.25) is 0 Å². The molecule has 0 aliphatic carbocycles. The minimum Gasteiger partial charge on any atom is -0.454 e. The first kappa shape index (κ1) is 19.3. The van der Waals surface area contributed by atoms with Crippen molar-refractivity contribution in [1.29, 1.82) is 5.26 Å². The third-order valence-electron chi connectivity index (χ3n) is 4.87. The molecular formula is C24H15ClN4OS. The predicted octanol–water partition coefficient (Wildman–Crippen LogP) is 6.77. The summed E-state index contributed by atoms with van der Waals surface area (Å²) in [5, 5.41) is 18.3. The van der Waals surface area contributed by atoms with Gasteiger partial charge in [-0.25, -0.2) is 9.67 Å². The molecule has 31 heavy (non-hydrogen) atoms. The standard InChI is InChI=1S/C24H15ClN4OS/c1-15-19(23(25)29(28-15)18-8-3-2-4-9-18)11-17(13-26)24-27-20(14-31-24)22-12-16-7-5-6-10-21(16)30-22/h2-12,14H,1H3/b17-11+. The zero-order chi connectivity index (χ0) is 21.4. The number of nitrogens with zero attached hydrogens (tertiary/aromatic N) is 4. The highest BCUT2D eigenvalue weighted by molar-refractivity contribution is 7.11. The van der Waals surface area contributed by atoms with E-state index in [1.165, 1.54) is 11.3 Å². The van der Waals surface area contributed by atoms with E-state index in [2.05, 4.69) is 16.2 Å². The fourth-order valence-electron chi connectivity index (χ4n) is 3.32. The molecule has 0 saturated heterocycles. The number of thiazole rings is 1. The Morgan fingerprint density at radius 2 is 1.94 bits per heavy atom. The van der Waals surface area contributed by atoms with E-state index in [-0.39, 0.29) is 0 Å². The molecule has 0 aliphatic rings. The van der Waals surface area contributed by atoms with E-state index >= 15 is 0 Å².